The summed E-state index contributed by atoms with van der Waals surface area (Å²) in [7, 11) is 0. The van der Waals surface area contributed by atoms with Gasteiger partial charge in [0.25, 0.3) is 0 Å². The Balaban J connectivity index is 2.26. The SMILES string of the molecule is CC(O)CNC(c1ccccc1)c1ccc(F)cc1. The van der Waals surface area contributed by atoms with Gasteiger partial charge in [-0.1, -0.05) is 42.5 Å². The van der Waals surface area contributed by atoms with Crippen molar-refractivity contribution in [3.63, 3.8) is 0 Å². The Hall–Kier alpha value is -1.71. The molecule has 0 radical (unpaired) electrons. The molecule has 0 saturated carbocycles. The van der Waals surface area contributed by atoms with E-state index in [0.717, 1.165) is 11.1 Å². The van der Waals surface area contributed by atoms with E-state index < -0.39 is 6.10 Å². The van der Waals surface area contributed by atoms with E-state index in [2.05, 4.69) is 5.32 Å². The smallest absolute Gasteiger partial charge is 0.123 e. The lowest BCUT2D eigenvalue weighted by Gasteiger charge is -2.20. The first-order valence-electron chi connectivity index (χ1n) is 6.38. The summed E-state index contributed by atoms with van der Waals surface area (Å²) >= 11 is 0. The average Bonchev–Trinajstić information content (AvgIpc) is 2.42. The van der Waals surface area contributed by atoms with Crippen LogP contribution in [0.3, 0.4) is 0 Å². The van der Waals surface area contributed by atoms with Crippen molar-refractivity contribution in [2.75, 3.05) is 6.54 Å². The van der Waals surface area contributed by atoms with E-state index in [1.165, 1.54) is 12.1 Å². The Morgan fingerprint density at radius 1 is 1.00 bits per heavy atom. The minimum absolute atomic E-state index is 0.0450. The maximum atomic E-state index is 13.0. The van der Waals surface area contributed by atoms with E-state index in [1.54, 1.807) is 19.1 Å². The summed E-state index contributed by atoms with van der Waals surface area (Å²) in [6, 6.07) is 16.3. The lowest BCUT2D eigenvalue weighted by Crippen LogP contribution is -2.29. The maximum Gasteiger partial charge on any atom is 0.123 e. The Labute approximate surface area is 112 Å². The third kappa shape index (κ3) is 3.88. The van der Waals surface area contributed by atoms with Gasteiger partial charge in [-0.05, 0) is 30.2 Å². The molecule has 19 heavy (non-hydrogen) atoms. The van der Waals surface area contributed by atoms with E-state index in [0.29, 0.717) is 6.54 Å². The molecule has 2 atom stereocenters. The number of nitrogens with one attached hydrogen (secondary N) is 1. The molecule has 0 heterocycles. The molecule has 2 unspecified atom stereocenters. The molecule has 2 aromatic carbocycles. The molecule has 0 fully saturated rings. The fourth-order valence-electron chi connectivity index (χ4n) is 2.02. The Kier molecular flexibility index (Phi) is 4.66. The number of aliphatic hydroxyl groups is 1. The molecule has 3 heteroatoms. The fourth-order valence-corrected chi connectivity index (χ4v) is 2.02. The van der Waals surface area contributed by atoms with Crippen molar-refractivity contribution in [1.29, 1.82) is 0 Å². The van der Waals surface area contributed by atoms with Crippen LogP contribution in [0, 0.1) is 5.82 Å². The first kappa shape index (κ1) is 13.7. The van der Waals surface area contributed by atoms with Crippen LogP contribution < -0.4 is 5.32 Å². The van der Waals surface area contributed by atoms with Crippen LogP contribution in [-0.2, 0) is 0 Å². The molecule has 0 bridgehead atoms. The van der Waals surface area contributed by atoms with Crippen LogP contribution >= 0.6 is 0 Å². The summed E-state index contributed by atoms with van der Waals surface area (Å²) in [5, 5.41) is 12.7. The molecule has 0 saturated heterocycles. The predicted molar refractivity (Wildman–Crippen MR) is 74.4 cm³/mol. The number of halogens is 1. The van der Waals surface area contributed by atoms with Crippen LogP contribution in [0.2, 0.25) is 0 Å². The maximum absolute atomic E-state index is 13.0. The first-order chi connectivity index (χ1) is 9.16. The number of hydrogen-bond acceptors (Lipinski definition) is 2. The lowest BCUT2D eigenvalue weighted by atomic mass is 9.98. The van der Waals surface area contributed by atoms with Gasteiger partial charge in [-0.25, -0.2) is 4.39 Å². The van der Waals surface area contributed by atoms with Gasteiger partial charge >= 0.3 is 0 Å². The summed E-state index contributed by atoms with van der Waals surface area (Å²) in [6.07, 6.45) is -0.424. The van der Waals surface area contributed by atoms with Crippen LogP contribution in [0.4, 0.5) is 4.39 Å². The lowest BCUT2D eigenvalue weighted by molar-refractivity contribution is 0.188. The summed E-state index contributed by atoms with van der Waals surface area (Å²) in [5.41, 5.74) is 2.07. The second-order valence-corrected chi connectivity index (χ2v) is 4.65. The third-order valence-electron chi connectivity index (χ3n) is 2.95. The van der Waals surface area contributed by atoms with Gasteiger partial charge < -0.3 is 10.4 Å². The summed E-state index contributed by atoms with van der Waals surface area (Å²) < 4.78 is 13.0. The molecule has 0 aliphatic carbocycles. The van der Waals surface area contributed by atoms with Gasteiger partial charge in [0.2, 0.25) is 0 Å². The molecular weight excluding hydrogens is 241 g/mol. The highest BCUT2D eigenvalue weighted by atomic mass is 19.1. The number of hydrogen-bond donors (Lipinski definition) is 2. The van der Waals surface area contributed by atoms with Crippen LogP contribution in [0.15, 0.2) is 54.6 Å². The zero-order chi connectivity index (χ0) is 13.7. The number of rotatable bonds is 5. The van der Waals surface area contributed by atoms with Crippen molar-refractivity contribution >= 4 is 0 Å². The van der Waals surface area contributed by atoms with Crippen LogP contribution in [0.5, 0.6) is 0 Å². The highest BCUT2D eigenvalue weighted by molar-refractivity contribution is 5.31. The molecule has 0 spiro atoms. The Morgan fingerprint density at radius 2 is 1.58 bits per heavy atom. The molecule has 2 N–H and O–H groups in total. The summed E-state index contributed by atoms with van der Waals surface area (Å²) in [6.45, 7) is 2.22. The number of benzene rings is 2. The standard InChI is InChI=1S/C16H18FNO/c1-12(19)11-18-16(13-5-3-2-4-6-13)14-7-9-15(17)10-8-14/h2-10,12,16,18-19H,11H2,1H3. The van der Waals surface area contributed by atoms with Crippen molar-refractivity contribution in [3.05, 3.63) is 71.5 Å². The zero-order valence-corrected chi connectivity index (χ0v) is 10.9. The van der Waals surface area contributed by atoms with Crippen LogP contribution in [-0.4, -0.2) is 17.8 Å². The van der Waals surface area contributed by atoms with E-state index >= 15 is 0 Å². The molecule has 0 aliphatic heterocycles. The topological polar surface area (TPSA) is 32.3 Å². The highest BCUT2D eigenvalue weighted by Gasteiger charge is 2.13. The van der Waals surface area contributed by atoms with E-state index in [1.807, 2.05) is 30.3 Å². The van der Waals surface area contributed by atoms with Crippen molar-refractivity contribution in [2.45, 2.75) is 19.1 Å². The van der Waals surface area contributed by atoms with Crippen LogP contribution in [0.1, 0.15) is 24.1 Å². The third-order valence-corrected chi connectivity index (χ3v) is 2.95. The summed E-state index contributed by atoms with van der Waals surface area (Å²) in [4.78, 5) is 0. The largest absolute Gasteiger partial charge is 0.392 e. The number of aliphatic hydroxyl groups excluding tert-OH is 1. The second kappa shape index (κ2) is 6.45. The molecule has 100 valence electrons. The van der Waals surface area contributed by atoms with Gasteiger partial charge in [0, 0.05) is 6.54 Å². The van der Waals surface area contributed by atoms with E-state index in [9.17, 15) is 9.50 Å². The van der Waals surface area contributed by atoms with Crippen molar-refractivity contribution in [2.24, 2.45) is 0 Å². The zero-order valence-electron chi connectivity index (χ0n) is 10.9. The van der Waals surface area contributed by atoms with Crippen LogP contribution in [0.25, 0.3) is 0 Å². The van der Waals surface area contributed by atoms with Gasteiger partial charge in [-0.15, -0.1) is 0 Å². The second-order valence-electron chi connectivity index (χ2n) is 4.65. The predicted octanol–water partition coefficient (Wildman–Crippen LogP) is 2.89. The molecule has 0 aromatic heterocycles. The monoisotopic (exact) mass is 259 g/mol. The highest BCUT2D eigenvalue weighted by Crippen LogP contribution is 2.22. The normalized spacial score (nSPS) is 14.1. The van der Waals surface area contributed by atoms with Gasteiger partial charge in [0.15, 0.2) is 0 Å². The molecule has 2 nitrogen and oxygen atoms in total. The Bertz CT molecular complexity index is 496. The molecule has 0 amide bonds. The molecular formula is C16H18FNO. The van der Waals surface area contributed by atoms with Gasteiger partial charge in [0.05, 0.1) is 12.1 Å². The quantitative estimate of drug-likeness (QED) is 0.865. The van der Waals surface area contributed by atoms with E-state index in [4.69, 9.17) is 0 Å². The molecule has 0 aliphatic rings. The first-order valence-corrected chi connectivity index (χ1v) is 6.38. The minimum Gasteiger partial charge on any atom is -0.392 e. The molecule has 2 aromatic rings. The summed E-state index contributed by atoms with van der Waals surface area (Å²) in [5.74, 6) is -0.244. The van der Waals surface area contributed by atoms with Gasteiger partial charge in [-0.2, -0.15) is 0 Å². The Morgan fingerprint density at radius 3 is 2.16 bits per heavy atom. The van der Waals surface area contributed by atoms with Crippen molar-refractivity contribution in [3.8, 4) is 0 Å². The van der Waals surface area contributed by atoms with Gasteiger partial charge in [0.1, 0.15) is 5.82 Å². The average molecular weight is 259 g/mol. The van der Waals surface area contributed by atoms with E-state index in [-0.39, 0.29) is 11.9 Å². The minimum atomic E-state index is -0.424. The van der Waals surface area contributed by atoms with Gasteiger partial charge in [-0.3, -0.25) is 0 Å². The van der Waals surface area contributed by atoms with Crippen molar-refractivity contribution < 1.29 is 9.50 Å². The molecule has 2 rings (SSSR count). The van der Waals surface area contributed by atoms with Crippen molar-refractivity contribution in [1.82, 2.24) is 5.32 Å². The fraction of sp³-hybridized carbons (Fsp3) is 0.250.